The summed E-state index contributed by atoms with van der Waals surface area (Å²) in [6, 6.07) is 4.89. The van der Waals surface area contributed by atoms with Crippen LogP contribution in [-0.4, -0.2) is 30.2 Å². The highest BCUT2D eigenvalue weighted by Gasteiger charge is 2.49. The predicted molar refractivity (Wildman–Crippen MR) is 130 cm³/mol. The molecule has 0 heterocycles. The van der Waals surface area contributed by atoms with Gasteiger partial charge in [0.2, 0.25) is 0 Å². The van der Waals surface area contributed by atoms with Gasteiger partial charge < -0.3 is 11.5 Å². The van der Waals surface area contributed by atoms with E-state index in [9.17, 15) is 0 Å². The largest absolute Gasteiger partial charge is 0.327 e. The molecule has 31 heavy (non-hydrogen) atoms. The lowest BCUT2D eigenvalue weighted by molar-refractivity contribution is -0.0368. The van der Waals surface area contributed by atoms with Gasteiger partial charge in [0.1, 0.15) is 0 Å². The molecule has 4 N–H and O–H groups in total. The first-order valence-corrected chi connectivity index (χ1v) is 13.6. The maximum atomic E-state index is 6.42. The first kappa shape index (κ1) is 23.5. The highest BCUT2D eigenvalue weighted by molar-refractivity contribution is 5.42. The first-order chi connectivity index (χ1) is 15.0. The smallest absolute Gasteiger partial charge is 0.0898 e. The van der Waals surface area contributed by atoms with Crippen LogP contribution in [-0.2, 0) is 0 Å². The summed E-state index contributed by atoms with van der Waals surface area (Å²) >= 11 is 0. The van der Waals surface area contributed by atoms with Crippen molar-refractivity contribution in [3.05, 3.63) is 0 Å². The summed E-state index contributed by atoms with van der Waals surface area (Å²) in [4.78, 5) is 9.52. The van der Waals surface area contributed by atoms with Gasteiger partial charge in [-0.2, -0.15) is 0 Å². The number of hydrogen-bond donors (Lipinski definition) is 2. The Morgan fingerprint density at radius 1 is 0.645 bits per heavy atom. The zero-order chi connectivity index (χ0) is 21.8. The van der Waals surface area contributed by atoms with Gasteiger partial charge in [0.05, 0.1) is 18.1 Å². The highest BCUT2D eigenvalue weighted by atomic mass is 14.9. The van der Waals surface area contributed by atoms with Gasteiger partial charge in [0.25, 0.3) is 0 Å². The second-order valence-electron chi connectivity index (χ2n) is 11.9. The molecule has 6 unspecified atom stereocenters. The Bertz CT molecular complexity index is 597. The Hall–Kier alpha value is -0.700. The Balaban J connectivity index is 1.44. The Labute approximate surface area is 191 Å². The molecule has 4 aliphatic rings. The van der Waals surface area contributed by atoms with Crippen LogP contribution in [0.1, 0.15) is 110 Å². The van der Waals surface area contributed by atoms with E-state index in [1.165, 1.54) is 96.3 Å². The van der Waals surface area contributed by atoms with E-state index in [1.54, 1.807) is 0 Å². The minimum absolute atomic E-state index is 0.406. The minimum Gasteiger partial charge on any atom is -0.327 e. The monoisotopic (exact) mass is 428 g/mol. The molecule has 0 aromatic heterocycles. The van der Waals surface area contributed by atoms with Crippen LogP contribution in [0.2, 0.25) is 0 Å². The molecule has 4 rings (SSSR count). The van der Waals surface area contributed by atoms with Crippen molar-refractivity contribution >= 4 is 6.01 Å². The zero-order valence-electron chi connectivity index (χ0n) is 20.3. The van der Waals surface area contributed by atoms with Gasteiger partial charge in [-0.1, -0.05) is 33.1 Å². The average molecular weight is 429 g/mol. The van der Waals surface area contributed by atoms with E-state index in [0.29, 0.717) is 41.4 Å². The van der Waals surface area contributed by atoms with Crippen molar-refractivity contribution in [2.75, 3.05) is 0 Å². The van der Waals surface area contributed by atoms with Gasteiger partial charge >= 0.3 is 0 Å². The molecule has 6 atom stereocenters. The van der Waals surface area contributed by atoms with E-state index in [0.717, 1.165) is 11.8 Å². The SMILES string of the molecule is CC1CC(C2(C3CCC(N)C(C)C3)CCC(N=C=NC3CCCCC3)CC2)CCC1N. The van der Waals surface area contributed by atoms with Crippen molar-refractivity contribution < 1.29 is 0 Å². The number of aliphatic imine (C=N–C) groups is 2. The van der Waals surface area contributed by atoms with Crippen LogP contribution in [0.15, 0.2) is 9.98 Å². The van der Waals surface area contributed by atoms with E-state index in [-0.39, 0.29) is 0 Å². The molecule has 4 heteroatoms. The van der Waals surface area contributed by atoms with Crippen molar-refractivity contribution in [2.24, 2.45) is 50.5 Å². The highest BCUT2D eigenvalue weighted by Crippen LogP contribution is 2.57. The number of rotatable bonds is 4. The summed E-state index contributed by atoms with van der Waals surface area (Å²) in [6.45, 7) is 4.78. The van der Waals surface area contributed by atoms with Gasteiger partial charge in [0.15, 0.2) is 0 Å². The standard InChI is InChI=1S/C27H48N4/c1-19-16-21(8-10-25(19)28)27(22-9-11-26(29)20(2)17-22)14-12-24(13-15-27)31-18-30-23-6-4-3-5-7-23/h19-26H,3-17,28-29H2,1-2H3. The molecular weight excluding hydrogens is 380 g/mol. The van der Waals surface area contributed by atoms with Crippen LogP contribution in [0, 0.1) is 29.1 Å². The summed E-state index contributed by atoms with van der Waals surface area (Å²) in [5.74, 6) is 3.01. The van der Waals surface area contributed by atoms with Gasteiger partial charge in [-0.3, -0.25) is 0 Å². The summed E-state index contributed by atoms with van der Waals surface area (Å²) in [5.41, 5.74) is 13.3. The molecule has 0 spiro atoms. The number of nitrogens with zero attached hydrogens (tertiary/aromatic N) is 2. The fraction of sp³-hybridized carbons (Fsp3) is 0.963. The van der Waals surface area contributed by atoms with E-state index < -0.39 is 0 Å². The first-order valence-electron chi connectivity index (χ1n) is 13.6. The van der Waals surface area contributed by atoms with Gasteiger partial charge in [-0.25, -0.2) is 9.98 Å². The zero-order valence-corrected chi connectivity index (χ0v) is 20.3. The van der Waals surface area contributed by atoms with Gasteiger partial charge in [-0.05, 0) is 106 Å². The molecule has 0 bridgehead atoms. The molecule has 176 valence electrons. The lowest BCUT2D eigenvalue weighted by Crippen LogP contribution is -2.49. The van der Waals surface area contributed by atoms with Gasteiger partial charge in [0, 0.05) is 12.1 Å². The maximum absolute atomic E-state index is 6.42. The van der Waals surface area contributed by atoms with Crippen LogP contribution in [0.25, 0.3) is 0 Å². The second-order valence-corrected chi connectivity index (χ2v) is 11.9. The molecule has 4 fully saturated rings. The topological polar surface area (TPSA) is 76.8 Å². The van der Waals surface area contributed by atoms with Gasteiger partial charge in [-0.15, -0.1) is 0 Å². The molecule has 4 nitrogen and oxygen atoms in total. The van der Waals surface area contributed by atoms with Crippen LogP contribution in [0.4, 0.5) is 0 Å². The second kappa shape index (κ2) is 10.5. The van der Waals surface area contributed by atoms with E-state index >= 15 is 0 Å². The van der Waals surface area contributed by atoms with Crippen LogP contribution in [0.3, 0.4) is 0 Å². The normalized spacial score (nSPS) is 45.0. The third-order valence-corrected chi connectivity index (χ3v) is 10.0. The summed E-state index contributed by atoms with van der Waals surface area (Å²) in [5, 5.41) is 0. The molecule has 0 amide bonds. The Morgan fingerprint density at radius 3 is 1.61 bits per heavy atom. The van der Waals surface area contributed by atoms with E-state index in [2.05, 4.69) is 24.8 Å². The fourth-order valence-corrected chi connectivity index (χ4v) is 7.71. The molecule has 0 aromatic carbocycles. The fourth-order valence-electron chi connectivity index (χ4n) is 7.71. The quantitative estimate of drug-likeness (QED) is 0.543. The number of hydrogen-bond acceptors (Lipinski definition) is 4. The molecule has 0 aromatic rings. The third-order valence-electron chi connectivity index (χ3n) is 10.0. The minimum atomic E-state index is 0.406. The lowest BCUT2D eigenvalue weighted by atomic mass is 9.51. The number of nitrogens with two attached hydrogens (primary N) is 2. The summed E-state index contributed by atoms with van der Waals surface area (Å²) < 4.78 is 0. The average Bonchev–Trinajstić information content (AvgIpc) is 2.79. The lowest BCUT2D eigenvalue weighted by Gasteiger charge is -2.55. The molecule has 4 saturated carbocycles. The van der Waals surface area contributed by atoms with E-state index in [4.69, 9.17) is 16.5 Å². The van der Waals surface area contributed by atoms with Crippen LogP contribution >= 0.6 is 0 Å². The molecule has 0 radical (unpaired) electrons. The van der Waals surface area contributed by atoms with Crippen LogP contribution < -0.4 is 11.5 Å². The summed E-state index contributed by atoms with van der Waals surface area (Å²) in [6.07, 6.45) is 19.4. The molecule has 0 saturated heterocycles. The molecular formula is C27H48N4. The maximum Gasteiger partial charge on any atom is 0.0898 e. The van der Waals surface area contributed by atoms with Crippen molar-refractivity contribution in [3.8, 4) is 0 Å². The Kier molecular flexibility index (Phi) is 7.94. The van der Waals surface area contributed by atoms with Crippen molar-refractivity contribution in [3.63, 3.8) is 0 Å². The molecule has 4 aliphatic carbocycles. The van der Waals surface area contributed by atoms with Crippen molar-refractivity contribution in [1.82, 2.24) is 0 Å². The molecule has 0 aliphatic heterocycles. The van der Waals surface area contributed by atoms with Crippen molar-refractivity contribution in [2.45, 2.75) is 134 Å². The van der Waals surface area contributed by atoms with Crippen molar-refractivity contribution in [1.29, 1.82) is 0 Å². The summed E-state index contributed by atoms with van der Waals surface area (Å²) in [7, 11) is 0. The van der Waals surface area contributed by atoms with Crippen LogP contribution in [0.5, 0.6) is 0 Å². The third kappa shape index (κ3) is 5.45. The predicted octanol–water partition coefficient (Wildman–Crippen LogP) is 5.95. The Morgan fingerprint density at radius 2 is 1.13 bits per heavy atom. The van der Waals surface area contributed by atoms with E-state index in [1.807, 2.05) is 0 Å².